The van der Waals surface area contributed by atoms with Gasteiger partial charge in [-0.15, -0.1) is 0 Å². The SMILES string of the molecule is CCC(C)Nc1ccc(CN(C)C)c(F)c1. The van der Waals surface area contributed by atoms with E-state index in [9.17, 15) is 4.39 Å². The first-order chi connectivity index (χ1) is 7.52. The van der Waals surface area contributed by atoms with Crippen LogP contribution in [-0.2, 0) is 6.54 Å². The summed E-state index contributed by atoms with van der Waals surface area (Å²) in [5.41, 5.74) is 1.59. The van der Waals surface area contributed by atoms with Gasteiger partial charge in [-0.2, -0.15) is 0 Å². The first-order valence-corrected chi connectivity index (χ1v) is 5.72. The largest absolute Gasteiger partial charge is 0.383 e. The van der Waals surface area contributed by atoms with Crippen molar-refractivity contribution in [2.75, 3.05) is 19.4 Å². The Balaban J connectivity index is 2.74. The van der Waals surface area contributed by atoms with E-state index in [1.165, 1.54) is 0 Å². The fourth-order valence-corrected chi connectivity index (χ4v) is 1.49. The van der Waals surface area contributed by atoms with E-state index in [0.717, 1.165) is 17.7 Å². The van der Waals surface area contributed by atoms with Crippen molar-refractivity contribution in [2.45, 2.75) is 32.9 Å². The number of halogens is 1. The van der Waals surface area contributed by atoms with Crippen LogP contribution >= 0.6 is 0 Å². The summed E-state index contributed by atoms with van der Waals surface area (Å²) in [6.07, 6.45) is 1.03. The van der Waals surface area contributed by atoms with Crippen molar-refractivity contribution in [1.29, 1.82) is 0 Å². The van der Waals surface area contributed by atoms with Gasteiger partial charge in [0.15, 0.2) is 0 Å². The Bertz CT molecular complexity index is 337. The molecular weight excluding hydrogens is 203 g/mol. The second-order valence-electron chi connectivity index (χ2n) is 4.50. The van der Waals surface area contributed by atoms with Crippen molar-refractivity contribution in [2.24, 2.45) is 0 Å². The highest BCUT2D eigenvalue weighted by Gasteiger charge is 2.05. The van der Waals surface area contributed by atoms with Gasteiger partial charge in [-0.25, -0.2) is 4.39 Å². The summed E-state index contributed by atoms with van der Waals surface area (Å²) in [5, 5.41) is 3.26. The molecule has 0 radical (unpaired) electrons. The van der Waals surface area contributed by atoms with Crippen LogP contribution < -0.4 is 5.32 Å². The van der Waals surface area contributed by atoms with E-state index in [-0.39, 0.29) is 5.82 Å². The number of hydrogen-bond donors (Lipinski definition) is 1. The molecule has 16 heavy (non-hydrogen) atoms. The van der Waals surface area contributed by atoms with Gasteiger partial charge in [0.2, 0.25) is 0 Å². The zero-order valence-electron chi connectivity index (χ0n) is 10.5. The molecule has 0 spiro atoms. The molecule has 3 heteroatoms. The molecule has 0 saturated heterocycles. The summed E-state index contributed by atoms with van der Waals surface area (Å²) < 4.78 is 13.7. The van der Waals surface area contributed by atoms with Crippen LogP contribution in [0.2, 0.25) is 0 Å². The lowest BCUT2D eigenvalue weighted by atomic mass is 10.1. The molecule has 1 aromatic carbocycles. The Morgan fingerprint density at radius 1 is 1.38 bits per heavy atom. The standard InChI is InChI=1S/C13H21FN2/c1-5-10(2)15-12-7-6-11(9-16(3)4)13(14)8-12/h6-8,10,15H,5,9H2,1-4H3. The third kappa shape index (κ3) is 3.81. The van der Waals surface area contributed by atoms with Gasteiger partial charge in [0.05, 0.1) is 0 Å². The van der Waals surface area contributed by atoms with Gasteiger partial charge < -0.3 is 10.2 Å². The normalized spacial score (nSPS) is 12.9. The number of anilines is 1. The monoisotopic (exact) mass is 224 g/mol. The van der Waals surface area contributed by atoms with Crippen LogP contribution in [0.3, 0.4) is 0 Å². The lowest BCUT2D eigenvalue weighted by molar-refractivity contribution is 0.392. The van der Waals surface area contributed by atoms with Gasteiger partial charge in [-0.1, -0.05) is 13.0 Å². The maximum Gasteiger partial charge on any atom is 0.129 e. The molecule has 0 aliphatic carbocycles. The van der Waals surface area contributed by atoms with Crippen molar-refractivity contribution in [3.05, 3.63) is 29.6 Å². The lowest BCUT2D eigenvalue weighted by Crippen LogP contribution is -2.15. The van der Waals surface area contributed by atoms with E-state index in [0.29, 0.717) is 12.6 Å². The van der Waals surface area contributed by atoms with Crippen LogP contribution in [0.5, 0.6) is 0 Å². The molecule has 90 valence electrons. The number of nitrogens with zero attached hydrogens (tertiary/aromatic N) is 1. The van der Waals surface area contributed by atoms with Crippen molar-refractivity contribution >= 4 is 5.69 Å². The third-order valence-electron chi connectivity index (χ3n) is 2.57. The fourth-order valence-electron chi connectivity index (χ4n) is 1.49. The molecule has 0 amide bonds. The number of benzene rings is 1. The zero-order chi connectivity index (χ0) is 12.1. The maximum atomic E-state index is 13.7. The van der Waals surface area contributed by atoms with E-state index in [4.69, 9.17) is 0 Å². The summed E-state index contributed by atoms with van der Waals surface area (Å²) in [5.74, 6) is -0.137. The molecule has 0 bridgehead atoms. The number of rotatable bonds is 5. The lowest BCUT2D eigenvalue weighted by Gasteiger charge is -2.15. The second-order valence-corrected chi connectivity index (χ2v) is 4.50. The van der Waals surface area contributed by atoms with Crippen molar-refractivity contribution in [3.63, 3.8) is 0 Å². The molecule has 0 fully saturated rings. The van der Waals surface area contributed by atoms with Crippen LogP contribution in [0.1, 0.15) is 25.8 Å². The molecule has 0 aliphatic rings. The fraction of sp³-hybridized carbons (Fsp3) is 0.538. The van der Waals surface area contributed by atoms with E-state index < -0.39 is 0 Å². The van der Waals surface area contributed by atoms with Crippen LogP contribution in [-0.4, -0.2) is 25.0 Å². The minimum Gasteiger partial charge on any atom is -0.383 e. The van der Waals surface area contributed by atoms with Crippen LogP contribution in [0.25, 0.3) is 0 Å². The first-order valence-electron chi connectivity index (χ1n) is 5.72. The average Bonchev–Trinajstić information content (AvgIpc) is 2.21. The summed E-state index contributed by atoms with van der Waals surface area (Å²) in [4.78, 5) is 1.96. The van der Waals surface area contributed by atoms with Gasteiger partial charge in [-0.05, 0) is 39.6 Å². The Kier molecular flexibility index (Phi) is 4.74. The van der Waals surface area contributed by atoms with Gasteiger partial charge >= 0.3 is 0 Å². The highest BCUT2D eigenvalue weighted by atomic mass is 19.1. The quantitative estimate of drug-likeness (QED) is 0.826. The van der Waals surface area contributed by atoms with Gasteiger partial charge in [0, 0.05) is 23.8 Å². The van der Waals surface area contributed by atoms with E-state index >= 15 is 0 Å². The van der Waals surface area contributed by atoms with E-state index in [1.54, 1.807) is 6.07 Å². The Hall–Kier alpha value is -1.09. The highest BCUT2D eigenvalue weighted by molar-refractivity contribution is 5.46. The van der Waals surface area contributed by atoms with E-state index in [1.807, 2.05) is 31.1 Å². The molecule has 1 atom stereocenters. The van der Waals surface area contributed by atoms with E-state index in [2.05, 4.69) is 19.2 Å². The van der Waals surface area contributed by atoms with Crippen molar-refractivity contribution in [3.8, 4) is 0 Å². The number of nitrogens with one attached hydrogen (secondary N) is 1. The predicted molar refractivity (Wildman–Crippen MR) is 67.2 cm³/mol. The molecule has 1 aromatic rings. The topological polar surface area (TPSA) is 15.3 Å². The van der Waals surface area contributed by atoms with Gasteiger partial charge in [0.25, 0.3) is 0 Å². The second kappa shape index (κ2) is 5.85. The van der Waals surface area contributed by atoms with Crippen LogP contribution in [0, 0.1) is 5.82 Å². The maximum absolute atomic E-state index is 13.7. The smallest absolute Gasteiger partial charge is 0.129 e. The van der Waals surface area contributed by atoms with Crippen LogP contribution in [0.15, 0.2) is 18.2 Å². The first kappa shape index (κ1) is 13.0. The summed E-state index contributed by atoms with van der Waals surface area (Å²) >= 11 is 0. The molecule has 0 heterocycles. The molecule has 1 rings (SSSR count). The minimum absolute atomic E-state index is 0.137. The highest BCUT2D eigenvalue weighted by Crippen LogP contribution is 2.16. The molecule has 2 nitrogen and oxygen atoms in total. The van der Waals surface area contributed by atoms with Gasteiger partial charge in [0.1, 0.15) is 5.82 Å². The third-order valence-corrected chi connectivity index (χ3v) is 2.57. The zero-order valence-corrected chi connectivity index (χ0v) is 10.5. The summed E-state index contributed by atoms with van der Waals surface area (Å²) in [6, 6.07) is 5.73. The molecule has 0 aromatic heterocycles. The molecule has 1 unspecified atom stereocenters. The Morgan fingerprint density at radius 3 is 2.56 bits per heavy atom. The molecule has 1 N–H and O–H groups in total. The number of hydrogen-bond acceptors (Lipinski definition) is 2. The summed E-state index contributed by atoms with van der Waals surface area (Å²) in [6.45, 7) is 4.83. The molecular formula is C13H21FN2. The van der Waals surface area contributed by atoms with Gasteiger partial charge in [-0.3, -0.25) is 0 Å². The molecule has 0 aliphatic heterocycles. The Labute approximate surface area is 97.5 Å². The van der Waals surface area contributed by atoms with Crippen molar-refractivity contribution in [1.82, 2.24) is 4.90 Å². The van der Waals surface area contributed by atoms with Crippen molar-refractivity contribution < 1.29 is 4.39 Å². The summed E-state index contributed by atoms with van der Waals surface area (Å²) in [7, 11) is 3.87. The predicted octanol–water partition coefficient (Wildman–Crippen LogP) is 3.10. The average molecular weight is 224 g/mol. The Morgan fingerprint density at radius 2 is 2.06 bits per heavy atom. The minimum atomic E-state index is -0.137. The molecule has 0 saturated carbocycles. The van der Waals surface area contributed by atoms with Crippen LogP contribution in [0.4, 0.5) is 10.1 Å².